The second-order valence-electron chi connectivity index (χ2n) is 9.32. The lowest BCUT2D eigenvalue weighted by molar-refractivity contribution is -0.274. The molecule has 5 atom stereocenters. The first-order valence-electron chi connectivity index (χ1n) is 13.0. The number of anilines is 1. The van der Waals surface area contributed by atoms with E-state index >= 15 is 0 Å². The number of rotatable bonds is 12. The molecule has 4 rings (SSSR count). The first-order chi connectivity index (χ1) is 20.5. The lowest BCUT2D eigenvalue weighted by atomic mass is 9.99. The minimum absolute atomic E-state index is 0.0584. The number of phosphoric ester groups is 1. The summed E-state index contributed by atoms with van der Waals surface area (Å²) in [6.45, 7) is -0.167. The SMILES string of the molecule is NCCc1ccc(O[C@@H]2O[C@H](COC(=O)/C=C/c3cnc[nH]3)[C@@H](O)[C@H](OP(=O)(O)O)[C@H]2OC(=O)c2ccccc2N)cc1. The summed E-state index contributed by atoms with van der Waals surface area (Å²) in [6.07, 6.45) is -2.54. The Hall–Kier alpha value is -4.08. The van der Waals surface area contributed by atoms with Crippen molar-refractivity contribution >= 4 is 31.5 Å². The Labute approximate surface area is 245 Å². The van der Waals surface area contributed by atoms with Crippen LogP contribution >= 0.6 is 7.82 Å². The molecule has 2 aromatic carbocycles. The third-order valence-electron chi connectivity index (χ3n) is 6.22. The van der Waals surface area contributed by atoms with Crippen molar-refractivity contribution in [3.8, 4) is 5.75 Å². The fraction of sp³-hybridized carbons (Fsp3) is 0.296. The predicted octanol–water partition coefficient (Wildman–Crippen LogP) is 0.918. The number of benzene rings is 2. The van der Waals surface area contributed by atoms with Crippen molar-refractivity contribution < 1.29 is 52.5 Å². The summed E-state index contributed by atoms with van der Waals surface area (Å²) < 4.78 is 39.3. The zero-order chi connectivity index (χ0) is 31.0. The summed E-state index contributed by atoms with van der Waals surface area (Å²) in [7, 11) is -5.29. The number of nitrogens with two attached hydrogens (primary N) is 2. The van der Waals surface area contributed by atoms with Gasteiger partial charge in [0.2, 0.25) is 6.29 Å². The van der Waals surface area contributed by atoms with Gasteiger partial charge >= 0.3 is 19.8 Å². The van der Waals surface area contributed by atoms with Gasteiger partial charge in [-0.2, -0.15) is 0 Å². The third-order valence-corrected chi connectivity index (χ3v) is 6.74. The first kappa shape index (κ1) is 31.8. The fourth-order valence-electron chi connectivity index (χ4n) is 4.16. The highest BCUT2D eigenvalue weighted by atomic mass is 31.2. The number of nitrogens with one attached hydrogen (secondary N) is 1. The summed E-state index contributed by atoms with van der Waals surface area (Å²) in [4.78, 5) is 51.3. The first-order valence-corrected chi connectivity index (χ1v) is 14.5. The highest BCUT2D eigenvalue weighted by Crippen LogP contribution is 2.42. The van der Waals surface area contributed by atoms with E-state index in [2.05, 4.69) is 9.97 Å². The lowest BCUT2D eigenvalue weighted by Gasteiger charge is -2.43. The Morgan fingerprint density at radius 3 is 2.51 bits per heavy atom. The second kappa shape index (κ2) is 14.4. The van der Waals surface area contributed by atoms with Crippen LogP contribution in [0.4, 0.5) is 5.69 Å². The van der Waals surface area contributed by atoms with Crippen LogP contribution in [0.15, 0.2) is 67.1 Å². The summed E-state index contributed by atoms with van der Waals surface area (Å²) in [5.74, 6) is -1.60. The molecule has 1 fully saturated rings. The van der Waals surface area contributed by atoms with Crippen LogP contribution in [0, 0.1) is 0 Å². The molecule has 0 aliphatic carbocycles. The number of ether oxygens (including phenoxy) is 4. The van der Waals surface area contributed by atoms with Crippen molar-refractivity contribution in [1.82, 2.24) is 9.97 Å². The summed E-state index contributed by atoms with van der Waals surface area (Å²) in [5.41, 5.74) is 12.9. The number of H-pyrrole nitrogens is 1. The molecule has 1 aliphatic heterocycles. The number of imidazole rings is 1. The summed E-state index contributed by atoms with van der Waals surface area (Å²) in [5, 5.41) is 11.1. The molecule has 15 nitrogen and oxygen atoms in total. The van der Waals surface area contributed by atoms with E-state index < -0.39 is 57.1 Å². The molecular weight excluding hydrogens is 587 g/mol. The van der Waals surface area contributed by atoms with Gasteiger partial charge in [-0.1, -0.05) is 24.3 Å². The van der Waals surface area contributed by atoms with E-state index in [1.54, 1.807) is 30.3 Å². The average molecular weight is 619 g/mol. The Morgan fingerprint density at radius 2 is 1.86 bits per heavy atom. The number of nitrogen functional groups attached to an aromatic ring is 1. The molecule has 0 radical (unpaired) electrons. The Bertz CT molecular complexity index is 1450. The second-order valence-corrected chi connectivity index (χ2v) is 10.5. The summed E-state index contributed by atoms with van der Waals surface area (Å²) >= 11 is 0. The number of phosphoric acid groups is 1. The molecule has 1 saturated heterocycles. The zero-order valence-corrected chi connectivity index (χ0v) is 23.5. The summed E-state index contributed by atoms with van der Waals surface area (Å²) in [6, 6.07) is 12.6. The average Bonchev–Trinajstić information content (AvgIpc) is 3.49. The van der Waals surface area contributed by atoms with E-state index in [1.807, 2.05) is 0 Å². The number of aromatic nitrogens is 2. The fourth-order valence-corrected chi connectivity index (χ4v) is 4.72. The maximum absolute atomic E-state index is 13.1. The number of esters is 2. The van der Waals surface area contributed by atoms with Crippen molar-refractivity contribution in [2.75, 3.05) is 18.9 Å². The van der Waals surface area contributed by atoms with E-state index in [0.717, 1.165) is 11.6 Å². The van der Waals surface area contributed by atoms with Crippen molar-refractivity contribution in [3.63, 3.8) is 0 Å². The van der Waals surface area contributed by atoms with Crippen LogP contribution in [0.2, 0.25) is 0 Å². The Kier molecular flexibility index (Phi) is 10.7. The molecule has 0 spiro atoms. The van der Waals surface area contributed by atoms with Gasteiger partial charge in [0, 0.05) is 11.8 Å². The normalized spacial score (nSPS) is 22.3. The molecule has 0 amide bonds. The van der Waals surface area contributed by atoms with Crippen molar-refractivity contribution in [2.45, 2.75) is 37.1 Å². The molecule has 0 saturated carbocycles. The molecule has 43 heavy (non-hydrogen) atoms. The highest BCUT2D eigenvalue weighted by molar-refractivity contribution is 7.46. The van der Waals surface area contributed by atoms with E-state index in [0.29, 0.717) is 18.7 Å². The van der Waals surface area contributed by atoms with Gasteiger partial charge in [0.25, 0.3) is 0 Å². The number of nitrogens with zero attached hydrogens (tertiary/aromatic N) is 1. The molecule has 1 aromatic heterocycles. The van der Waals surface area contributed by atoms with Crippen LogP contribution in [0.1, 0.15) is 21.6 Å². The predicted molar refractivity (Wildman–Crippen MR) is 150 cm³/mol. The van der Waals surface area contributed by atoms with Crippen molar-refractivity contribution in [1.29, 1.82) is 0 Å². The van der Waals surface area contributed by atoms with Crippen LogP contribution < -0.4 is 16.2 Å². The van der Waals surface area contributed by atoms with Gasteiger partial charge in [0.1, 0.15) is 30.7 Å². The zero-order valence-electron chi connectivity index (χ0n) is 22.6. The number of para-hydroxylation sites is 1. The maximum Gasteiger partial charge on any atom is 0.470 e. The minimum Gasteiger partial charge on any atom is -0.461 e. The van der Waals surface area contributed by atoms with Gasteiger partial charge in [-0.15, -0.1) is 0 Å². The monoisotopic (exact) mass is 618 g/mol. The lowest BCUT2D eigenvalue weighted by Crippen LogP contribution is -2.62. The van der Waals surface area contributed by atoms with Gasteiger partial charge in [-0.05, 0) is 48.9 Å². The number of hydrogen-bond donors (Lipinski definition) is 6. The number of aliphatic hydroxyl groups excluding tert-OH is 1. The quantitative estimate of drug-likeness (QED) is 0.0716. The van der Waals surface area contributed by atoms with E-state index in [1.165, 1.54) is 36.8 Å². The van der Waals surface area contributed by atoms with Crippen LogP contribution in [0.25, 0.3) is 6.08 Å². The van der Waals surface area contributed by atoms with Gasteiger partial charge in [-0.3, -0.25) is 4.52 Å². The molecule has 3 aromatic rings. The van der Waals surface area contributed by atoms with Crippen LogP contribution in [-0.4, -0.2) is 80.7 Å². The van der Waals surface area contributed by atoms with E-state index in [4.69, 9.17) is 34.9 Å². The third kappa shape index (κ3) is 8.95. The Balaban J connectivity index is 1.61. The van der Waals surface area contributed by atoms with Crippen molar-refractivity contribution in [3.05, 3.63) is 84.0 Å². The van der Waals surface area contributed by atoms with Gasteiger partial charge in [0.05, 0.1) is 23.8 Å². The number of hydrogen-bond acceptors (Lipinski definition) is 12. The van der Waals surface area contributed by atoms with Crippen LogP contribution in [0.3, 0.4) is 0 Å². The van der Waals surface area contributed by atoms with Gasteiger partial charge < -0.3 is 50.3 Å². The minimum atomic E-state index is -5.29. The number of carbonyl (C=O) groups excluding carboxylic acids is 2. The molecule has 0 bridgehead atoms. The largest absolute Gasteiger partial charge is 0.470 e. The van der Waals surface area contributed by atoms with Gasteiger partial charge in [-0.25, -0.2) is 19.1 Å². The molecular formula is C27H31N4O11P. The molecule has 0 unspecified atom stereocenters. The van der Waals surface area contributed by atoms with Gasteiger partial charge in [0.15, 0.2) is 6.10 Å². The standard InChI is InChI=1S/C27H31N4O11P/c28-12-11-16-5-8-18(9-6-16)39-27-25(41-26(34)19-3-1-2-4-20(19)29)24(42-43(35,36)37)23(33)21(40-27)14-38-22(32)10-7-17-13-30-15-31-17/h1-10,13,15,21,23-25,27,33H,11-12,14,28-29H2,(H,30,31)(H2,35,36,37)/b10-7+/t21-,23-,24+,25-,27-/m1/s1. The smallest absolute Gasteiger partial charge is 0.461 e. The van der Waals surface area contributed by atoms with E-state index in [-0.39, 0.29) is 17.0 Å². The van der Waals surface area contributed by atoms with Crippen molar-refractivity contribution in [2.24, 2.45) is 5.73 Å². The molecule has 1 aliphatic rings. The molecule has 2 heterocycles. The Morgan fingerprint density at radius 1 is 1.12 bits per heavy atom. The molecule has 8 N–H and O–H groups in total. The highest BCUT2D eigenvalue weighted by Gasteiger charge is 2.52. The number of aliphatic hydroxyl groups is 1. The number of carbonyl (C=O) groups is 2. The topological polar surface area (TPSA) is 239 Å². The molecule has 16 heteroatoms. The van der Waals surface area contributed by atoms with Crippen LogP contribution in [-0.2, 0) is 34.5 Å². The van der Waals surface area contributed by atoms with E-state index in [9.17, 15) is 29.0 Å². The maximum atomic E-state index is 13.1. The number of aromatic amines is 1. The molecule has 230 valence electrons. The van der Waals surface area contributed by atoms with Crippen LogP contribution in [0.5, 0.6) is 5.75 Å².